The summed E-state index contributed by atoms with van der Waals surface area (Å²) in [6.45, 7) is 4.04. The Labute approximate surface area is 177 Å². The molecule has 3 aromatic carbocycles. The van der Waals surface area contributed by atoms with E-state index in [9.17, 15) is 9.59 Å². The third kappa shape index (κ3) is 5.47. The summed E-state index contributed by atoms with van der Waals surface area (Å²) < 4.78 is 5.72. The maximum absolute atomic E-state index is 12.9. The molecule has 0 radical (unpaired) electrons. The van der Waals surface area contributed by atoms with E-state index in [1.54, 1.807) is 24.3 Å². The summed E-state index contributed by atoms with van der Waals surface area (Å²) in [6, 6.07) is 25.8. The van der Waals surface area contributed by atoms with Crippen LogP contribution in [-0.2, 0) is 4.79 Å². The molecule has 2 N–H and O–H groups in total. The van der Waals surface area contributed by atoms with Crippen molar-refractivity contribution in [3.8, 4) is 5.75 Å². The molecule has 0 aromatic heterocycles. The molecule has 3 aromatic rings. The van der Waals surface area contributed by atoms with Gasteiger partial charge in [-0.3, -0.25) is 20.4 Å². The molecule has 0 saturated heterocycles. The summed E-state index contributed by atoms with van der Waals surface area (Å²) in [5, 5.41) is 0. The minimum atomic E-state index is -0.529. The number of amides is 2. The summed E-state index contributed by atoms with van der Waals surface area (Å²) in [7, 11) is 0. The highest BCUT2D eigenvalue weighted by Crippen LogP contribution is 2.24. The van der Waals surface area contributed by atoms with Gasteiger partial charge in [0.2, 0.25) is 5.91 Å². The number of nitrogens with one attached hydrogen (secondary N) is 2. The molecule has 0 saturated carbocycles. The van der Waals surface area contributed by atoms with E-state index in [2.05, 4.69) is 10.9 Å². The number of carbonyl (C=O) groups excluding carboxylic acids is 2. The van der Waals surface area contributed by atoms with E-state index in [1.165, 1.54) is 0 Å². The molecule has 0 aliphatic carbocycles. The van der Waals surface area contributed by atoms with Crippen LogP contribution in [0.25, 0.3) is 0 Å². The predicted molar refractivity (Wildman–Crippen MR) is 117 cm³/mol. The quantitative estimate of drug-likeness (QED) is 0.574. The molecule has 154 valence electrons. The number of rotatable bonds is 7. The second-order valence-corrected chi connectivity index (χ2v) is 7.06. The highest BCUT2D eigenvalue weighted by molar-refractivity contribution is 5.96. The second kappa shape index (κ2) is 10.3. The van der Waals surface area contributed by atoms with E-state index >= 15 is 0 Å². The number of hydrogen-bond donors (Lipinski definition) is 2. The van der Waals surface area contributed by atoms with Gasteiger partial charge in [0, 0.05) is 5.56 Å². The van der Waals surface area contributed by atoms with E-state index in [0.29, 0.717) is 11.3 Å². The average molecular weight is 402 g/mol. The Morgan fingerprint density at radius 2 is 1.33 bits per heavy atom. The van der Waals surface area contributed by atoms with E-state index in [4.69, 9.17) is 4.74 Å². The van der Waals surface area contributed by atoms with Crippen molar-refractivity contribution in [1.82, 2.24) is 10.9 Å². The number of carbonyl (C=O) groups is 2. The monoisotopic (exact) mass is 402 g/mol. The SMILES string of the molecule is CCC(C)Oc1ccc(C(=O)NNC(=O)C(c2ccccc2)c2ccccc2)cc1. The van der Waals surface area contributed by atoms with Crippen molar-refractivity contribution in [1.29, 1.82) is 0 Å². The van der Waals surface area contributed by atoms with Crippen molar-refractivity contribution in [2.24, 2.45) is 0 Å². The predicted octanol–water partition coefficient (Wildman–Crippen LogP) is 4.46. The summed E-state index contributed by atoms with van der Waals surface area (Å²) in [4.78, 5) is 25.4. The van der Waals surface area contributed by atoms with Crippen molar-refractivity contribution in [2.45, 2.75) is 32.3 Å². The van der Waals surface area contributed by atoms with Crippen molar-refractivity contribution in [2.75, 3.05) is 0 Å². The molecule has 0 aliphatic rings. The van der Waals surface area contributed by atoms with Crippen molar-refractivity contribution in [3.05, 3.63) is 102 Å². The lowest BCUT2D eigenvalue weighted by Gasteiger charge is -2.18. The van der Waals surface area contributed by atoms with Gasteiger partial charge in [-0.15, -0.1) is 0 Å². The third-order valence-corrected chi connectivity index (χ3v) is 4.86. The van der Waals surface area contributed by atoms with Crippen molar-refractivity contribution >= 4 is 11.8 Å². The number of benzene rings is 3. The van der Waals surface area contributed by atoms with Gasteiger partial charge in [-0.2, -0.15) is 0 Å². The van der Waals surface area contributed by atoms with E-state index in [0.717, 1.165) is 17.5 Å². The van der Waals surface area contributed by atoms with Gasteiger partial charge in [-0.1, -0.05) is 67.6 Å². The number of hydrogen-bond acceptors (Lipinski definition) is 3. The first-order valence-electron chi connectivity index (χ1n) is 10.0. The van der Waals surface area contributed by atoms with Crippen LogP contribution in [0, 0.1) is 0 Å². The largest absolute Gasteiger partial charge is 0.491 e. The third-order valence-electron chi connectivity index (χ3n) is 4.86. The van der Waals surface area contributed by atoms with Crippen LogP contribution in [0.4, 0.5) is 0 Å². The molecular formula is C25H26N2O3. The Morgan fingerprint density at radius 3 is 1.83 bits per heavy atom. The van der Waals surface area contributed by atoms with Crippen molar-refractivity contribution in [3.63, 3.8) is 0 Å². The molecule has 0 heterocycles. The summed E-state index contributed by atoms with van der Waals surface area (Å²) >= 11 is 0. The summed E-state index contributed by atoms with van der Waals surface area (Å²) in [5.41, 5.74) is 7.21. The fraction of sp³-hybridized carbons (Fsp3) is 0.200. The van der Waals surface area contributed by atoms with Gasteiger partial charge in [0.25, 0.3) is 5.91 Å². The molecule has 5 nitrogen and oxygen atoms in total. The molecule has 0 bridgehead atoms. The van der Waals surface area contributed by atoms with E-state index < -0.39 is 11.8 Å². The standard InChI is InChI=1S/C25H26N2O3/c1-3-18(2)30-22-16-14-21(15-17-22)24(28)26-27-25(29)23(19-10-6-4-7-11-19)20-12-8-5-9-13-20/h4-18,23H,3H2,1-2H3,(H,26,28)(H,27,29). The molecule has 1 unspecified atom stereocenters. The summed E-state index contributed by atoms with van der Waals surface area (Å²) in [5.74, 6) is -0.520. The molecule has 5 heteroatoms. The fourth-order valence-electron chi connectivity index (χ4n) is 3.05. The van der Waals surface area contributed by atoms with Crippen LogP contribution in [0.15, 0.2) is 84.9 Å². The zero-order chi connectivity index (χ0) is 21.3. The number of ether oxygens (including phenoxy) is 1. The normalized spacial score (nSPS) is 11.6. The van der Waals surface area contributed by atoms with Crippen LogP contribution in [0.5, 0.6) is 5.75 Å². The molecule has 0 aliphatic heterocycles. The lowest BCUT2D eigenvalue weighted by Crippen LogP contribution is -2.44. The first-order chi connectivity index (χ1) is 14.6. The summed E-state index contributed by atoms with van der Waals surface area (Å²) in [6.07, 6.45) is 1.01. The van der Waals surface area contributed by atoms with E-state index in [1.807, 2.05) is 74.5 Å². The maximum Gasteiger partial charge on any atom is 0.269 e. The van der Waals surface area contributed by atoms with Gasteiger partial charge >= 0.3 is 0 Å². The highest BCUT2D eigenvalue weighted by atomic mass is 16.5. The minimum Gasteiger partial charge on any atom is -0.491 e. The second-order valence-electron chi connectivity index (χ2n) is 7.06. The van der Waals surface area contributed by atoms with Gasteiger partial charge in [0.15, 0.2) is 0 Å². The van der Waals surface area contributed by atoms with Crippen LogP contribution in [0.2, 0.25) is 0 Å². The Bertz CT molecular complexity index is 917. The Morgan fingerprint density at radius 1 is 0.800 bits per heavy atom. The van der Waals surface area contributed by atoms with Gasteiger partial charge in [-0.25, -0.2) is 0 Å². The molecule has 3 rings (SSSR count). The Hall–Kier alpha value is -3.60. The first-order valence-corrected chi connectivity index (χ1v) is 10.0. The van der Waals surface area contributed by atoms with Crippen LogP contribution in [0.1, 0.15) is 47.7 Å². The Kier molecular flexibility index (Phi) is 7.22. The van der Waals surface area contributed by atoms with Crippen LogP contribution >= 0.6 is 0 Å². The van der Waals surface area contributed by atoms with Gasteiger partial charge < -0.3 is 4.74 Å². The Balaban J connectivity index is 1.67. The molecule has 0 spiro atoms. The van der Waals surface area contributed by atoms with Crippen molar-refractivity contribution < 1.29 is 14.3 Å². The zero-order valence-corrected chi connectivity index (χ0v) is 17.2. The van der Waals surface area contributed by atoms with Crippen LogP contribution < -0.4 is 15.6 Å². The maximum atomic E-state index is 12.9. The van der Waals surface area contributed by atoms with E-state index in [-0.39, 0.29) is 12.0 Å². The van der Waals surface area contributed by atoms with Gasteiger partial charge in [-0.05, 0) is 48.7 Å². The molecule has 30 heavy (non-hydrogen) atoms. The smallest absolute Gasteiger partial charge is 0.269 e. The minimum absolute atomic E-state index is 0.108. The van der Waals surface area contributed by atoms with Crippen LogP contribution in [0.3, 0.4) is 0 Å². The van der Waals surface area contributed by atoms with Gasteiger partial charge in [0.05, 0.1) is 12.0 Å². The molecule has 2 amide bonds. The molecule has 0 fully saturated rings. The lowest BCUT2D eigenvalue weighted by atomic mass is 9.91. The fourth-order valence-corrected chi connectivity index (χ4v) is 3.05. The first kappa shape index (κ1) is 21.1. The topological polar surface area (TPSA) is 67.4 Å². The number of hydrazine groups is 1. The average Bonchev–Trinajstić information content (AvgIpc) is 2.79. The molecular weight excluding hydrogens is 376 g/mol. The zero-order valence-electron chi connectivity index (χ0n) is 17.2. The highest BCUT2D eigenvalue weighted by Gasteiger charge is 2.23. The molecule has 1 atom stereocenters. The lowest BCUT2D eigenvalue weighted by molar-refractivity contribution is -0.122. The van der Waals surface area contributed by atoms with Crippen LogP contribution in [-0.4, -0.2) is 17.9 Å². The van der Waals surface area contributed by atoms with Gasteiger partial charge in [0.1, 0.15) is 5.75 Å².